The van der Waals surface area contributed by atoms with Crippen molar-refractivity contribution >= 4 is 52.4 Å². The van der Waals surface area contributed by atoms with Gasteiger partial charge in [-0.15, -0.1) is 0 Å². The van der Waals surface area contributed by atoms with Crippen molar-refractivity contribution in [2.75, 3.05) is 29.3 Å². The van der Waals surface area contributed by atoms with E-state index in [9.17, 15) is 4.79 Å². The van der Waals surface area contributed by atoms with E-state index in [4.69, 9.17) is 27.9 Å². The molecule has 3 aromatic rings. The Morgan fingerprint density at radius 3 is 2.63 bits per heavy atom. The van der Waals surface area contributed by atoms with Crippen LogP contribution in [-0.2, 0) is 4.74 Å². The summed E-state index contributed by atoms with van der Waals surface area (Å²) in [5.41, 5.74) is 1.03. The third-order valence-electron chi connectivity index (χ3n) is 4.07. The number of benzene rings is 2. The van der Waals surface area contributed by atoms with Crippen LogP contribution in [0.25, 0.3) is 0 Å². The summed E-state index contributed by atoms with van der Waals surface area (Å²) in [5, 5.41) is 6.56. The highest BCUT2D eigenvalue weighted by molar-refractivity contribution is 6.44. The number of carbonyl (C=O) groups excluding carboxylic acids is 1. The topological polar surface area (TPSA) is 79.4 Å². The van der Waals surface area contributed by atoms with Crippen molar-refractivity contribution in [1.29, 1.82) is 0 Å². The van der Waals surface area contributed by atoms with E-state index in [-0.39, 0.29) is 11.1 Å². The lowest BCUT2D eigenvalue weighted by atomic mass is 10.3. The smallest absolute Gasteiger partial charge is 0.332 e. The Labute approximate surface area is 185 Å². The molecule has 1 unspecified atom stereocenters. The fraction of sp³-hybridized carbons (Fsp3) is 0.190. The summed E-state index contributed by atoms with van der Waals surface area (Å²) < 4.78 is 5.13. The van der Waals surface area contributed by atoms with Crippen molar-refractivity contribution in [3.8, 4) is 0 Å². The van der Waals surface area contributed by atoms with Crippen molar-refractivity contribution in [2.45, 2.75) is 13.0 Å². The third-order valence-corrected chi connectivity index (χ3v) is 4.89. The number of anilines is 4. The highest BCUT2D eigenvalue weighted by Gasteiger charge is 2.21. The Hall–Kier alpha value is -2.87. The second-order valence-electron chi connectivity index (χ2n) is 6.44. The number of urea groups is 1. The molecule has 7 nitrogen and oxygen atoms in total. The van der Waals surface area contributed by atoms with Crippen molar-refractivity contribution in [1.82, 2.24) is 9.97 Å². The van der Waals surface area contributed by atoms with Gasteiger partial charge in [0.2, 0.25) is 5.95 Å². The first-order valence-corrected chi connectivity index (χ1v) is 9.94. The summed E-state index contributed by atoms with van der Waals surface area (Å²) in [5.74, 6) is 0.769. The molecule has 0 bridgehead atoms. The van der Waals surface area contributed by atoms with E-state index in [2.05, 4.69) is 20.6 Å². The Kier molecular flexibility index (Phi) is 7.46. The third kappa shape index (κ3) is 5.38. The normalized spacial score (nSPS) is 11.6. The van der Waals surface area contributed by atoms with E-state index in [0.29, 0.717) is 34.8 Å². The van der Waals surface area contributed by atoms with E-state index in [1.165, 1.54) is 4.90 Å². The Morgan fingerprint density at radius 2 is 1.90 bits per heavy atom. The van der Waals surface area contributed by atoms with Gasteiger partial charge in [-0.25, -0.2) is 14.7 Å². The van der Waals surface area contributed by atoms with Gasteiger partial charge in [0.1, 0.15) is 5.82 Å². The van der Waals surface area contributed by atoms with E-state index in [0.717, 1.165) is 0 Å². The summed E-state index contributed by atoms with van der Waals surface area (Å²) >= 11 is 12.3. The van der Waals surface area contributed by atoms with Gasteiger partial charge in [-0.3, -0.25) is 0 Å². The van der Waals surface area contributed by atoms with Crippen LogP contribution in [0.15, 0.2) is 60.8 Å². The average molecular weight is 446 g/mol. The molecule has 0 aliphatic carbocycles. The van der Waals surface area contributed by atoms with Gasteiger partial charge in [-0.2, -0.15) is 4.98 Å². The standard InChI is InChI=1S/C21H21Cl2N5O2/c1-14(13-30-2)25-20-24-12-11-18(27-20)28(15-7-4-3-5-8-15)21(29)26-17-10-6-9-16(22)19(17)23/h3-12,14H,13H2,1-2H3,(H,26,29)(H,24,25,27). The Balaban J connectivity index is 1.94. The number of carbonyl (C=O) groups is 1. The minimum atomic E-state index is -0.444. The first-order valence-electron chi connectivity index (χ1n) is 9.18. The number of halogens is 2. The summed E-state index contributed by atoms with van der Waals surface area (Å²) in [6.45, 7) is 2.44. The summed E-state index contributed by atoms with van der Waals surface area (Å²) in [6, 6.07) is 15.4. The molecule has 0 saturated carbocycles. The molecule has 0 saturated heterocycles. The van der Waals surface area contributed by atoms with Gasteiger partial charge in [0.15, 0.2) is 0 Å². The number of aromatic nitrogens is 2. The van der Waals surface area contributed by atoms with Crippen molar-refractivity contribution in [2.24, 2.45) is 0 Å². The zero-order valence-electron chi connectivity index (χ0n) is 16.5. The molecule has 3 rings (SSSR count). The van der Waals surface area contributed by atoms with Crippen LogP contribution in [-0.4, -0.2) is 35.8 Å². The molecule has 9 heteroatoms. The lowest BCUT2D eigenvalue weighted by molar-refractivity contribution is 0.190. The molecule has 0 radical (unpaired) electrons. The highest BCUT2D eigenvalue weighted by atomic mass is 35.5. The number of amides is 2. The first-order chi connectivity index (χ1) is 14.5. The molecule has 0 fully saturated rings. The van der Waals surface area contributed by atoms with Gasteiger partial charge < -0.3 is 15.4 Å². The second kappa shape index (κ2) is 10.2. The number of hydrogen-bond acceptors (Lipinski definition) is 5. The first kappa shape index (κ1) is 21.8. The zero-order valence-corrected chi connectivity index (χ0v) is 18.0. The van der Waals surface area contributed by atoms with Gasteiger partial charge in [-0.05, 0) is 31.2 Å². The number of hydrogen-bond donors (Lipinski definition) is 2. The van der Waals surface area contributed by atoms with E-state index < -0.39 is 6.03 Å². The maximum atomic E-state index is 13.2. The molecular weight excluding hydrogens is 425 g/mol. The quantitative estimate of drug-likeness (QED) is 0.494. The van der Waals surface area contributed by atoms with Crippen molar-refractivity contribution in [3.05, 3.63) is 70.8 Å². The number of methoxy groups -OCH3 is 1. The lowest BCUT2D eigenvalue weighted by Gasteiger charge is -2.23. The predicted octanol–water partition coefficient (Wildman–Crippen LogP) is 5.60. The molecule has 1 aromatic heterocycles. The van der Waals surface area contributed by atoms with Crippen LogP contribution in [0, 0.1) is 0 Å². The maximum absolute atomic E-state index is 13.2. The largest absolute Gasteiger partial charge is 0.383 e. The van der Waals surface area contributed by atoms with Crippen LogP contribution in [0.5, 0.6) is 0 Å². The molecule has 30 heavy (non-hydrogen) atoms. The maximum Gasteiger partial charge on any atom is 0.332 e. The number of nitrogens with zero attached hydrogens (tertiary/aromatic N) is 3. The molecule has 2 aromatic carbocycles. The van der Waals surface area contributed by atoms with Gasteiger partial charge in [0.05, 0.1) is 28.0 Å². The number of rotatable bonds is 7. The molecular formula is C21H21Cl2N5O2. The summed E-state index contributed by atoms with van der Waals surface area (Å²) in [6.07, 6.45) is 1.58. The minimum absolute atomic E-state index is 0.00507. The Morgan fingerprint density at radius 1 is 1.13 bits per heavy atom. The molecule has 1 atom stereocenters. The van der Waals surface area contributed by atoms with E-state index >= 15 is 0 Å². The van der Waals surface area contributed by atoms with Crippen LogP contribution in [0.4, 0.5) is 27.9 Å². The predicted molar refractivity (Wildman–Crippen MR) is 121 cm³/mol. The molecule has 2 amide bonds. The van der Waals surface area contributed by atoms with Crippen LogP contribution in [0.2, 0.25) is 10.0 Å². The molecule has 156 valence electrons. The van der Waals surface area contributed by atoms with Crippen molar-refractivity contribution in [3.63, 3.8) is 0 Å². The van der Waals surface area contributed by atoms with Crippen LogP contribution in [0.1, 0.15) is 6.92 Å². The monoisotopic (exact) mass is 445 g/mol. The number of ether oxygens (including phenoxy) is 1. The average Bonchev–Trinajstić information content (AvgIpc) is 2.73. The fourth-order valence-corrected chi connectivity index (χ4v) is 3.11. The molecule has 2 N–H and O–H groups in total. The minimum Gasteiger partial charge on any atom is -0.383 e. The van der Waals surface area contributed by atoms with Crippen LogP contribution < -0.4 is 15.5 Å². The van der Waals surface area contributed by atoms with Gasteiger partial charge in [-0.1, -0.05) is 47.5 Å². The van der Waals surface area contributed by atoms with E-state index in [1.54, 1.807) is 37.6 Å². The number of para-hydroxylation sites is 1. The summed E-state index contributed by atoms with van der Waals surface area (Å²) in [4.78, 5) is 23.4. The van der Waals surface area contributed by atoms with Gasteiger partial charge >= 0.3 is 6.03 Å². The summed E-state index contributed by atoms with van der Waals surface area (Å²) in [7, 11) is 1.62. The van der Waals surface area contributed by atoms with Crippen LogP contribution in [0.3, 0.4) is 0 Å². The number of nitrogens with one attached hydrogen (secondary N) is 2. The van der Waals surface area contributed by atoms with Crippen LogP contribution >= 0.6 is 23.2 Å². The van der Waals surface area contributed by atoms with Gasteiger partial charge in [0, 0.05) is 25.4 Å². The molecule has 0 aliphatic rings. The van der Waals surface area contributed by atoms with Crippen molar-refractivity contribution < 1.29 is 9.53 Å². The molecule has 0 spiro atoms. The lowest BCUT2D eigenvalue weighted by Crippen LogP contribution is -2.32. The van der Waals surface area contributed by atoms with Gasteiger partial charge in [0.25, 0.3) is 0 Å². The molecule has 1 heterocycles. The SMILES string of the molecule is COCC(C)Nc1nccc(N(C(=O)Nc2cccc(Cl)c2Cl)c2ccccc2)n1. The highest BCUT2D eigenvalue weighted by Crippen LogP contribution is 2.31. The second-order valence-corrected chi connectivity index (χ2v) is 7.23. The fourth-order valence-electron chi connectivity index (χ4n) is 2.76. The Bertz CT molecular complexity index is 1000. The molecule has 0 aliphatic heterocycles. The zero-order chi connectivity index (χ0) is 21.5. The van der Waals surface area contributed by atoms with E-state index in [1.807, 2.05) is 37.3 Å².